The highest BCUT2D eigenvalue weighted by atomic mass is 32.1. The third kappa shape index (κ3) is 4.83. The standard InChI is InChI=1S/C24H23FN4O3S/c1-30-20-12-6-4-10-18(20)23-27-28-24(33)29(23)26-14-16-9-7-13-21(31-2)22(16)32-15-17-8-3-5-11-19(17)25/h3-13,26H,14-15H2,1-2H3,(H,28,33). The van der Waals surface area contributed by atoms with E-state index in [1.54, 1.807) is 43.2 Å². The molecule has 4 rings (SSSR count). The van der Waals surface area contributed by atoms with Gasteiger partial charge >= 0.3 is 0 Å². The smallest absolute Gasteiger partial charge is 0.214 e. The number of aromatic nitrogens is 3. The second kappa shape index (κ2) is 10.2. The molecular weight excluding hydrogens is 443 g/mol. The highest BCUT2D eigenvalue weighted by molar-refractivity contribution is 7.71. The van der Waals surface area contributed by atoms with Gasteiger partial charge in [-0.3, -0.25) is 0 Å². The van der Waals surface area contributed by atoms with E-state index in [0.717, 1.165) is 11.1 Å². The number of aromatic amines is 1. The second-order valence-electron chi connectivity index (χ2n) is 7.05. The molecule has 2 N–H and O–H groups in total. The average Bonchev–Trinajstić information content (AvgIpc) is 3.22. The van der Waals surface area contributed by atoms with Crippen molar-refractivity contribution in [3.63, 3.8) is 0 Å². The van der Waals surface area contributed by atoms with Gasteiger partial charge in [-0.25, -0.2) is 14.2 Å². The minimum absolute atomic E-state index is 0.0671. The zero-order chi connectivity index (χ0) is 23.2. The van der Waals surface area contributed by atoms with Gasteiger partial charge < -0.3 is 19.6 Å². The first-order valence-corrected chi connectivity index (χ1v) is 10.6. The Balaban J connectivity index is 1.60. The number of H-pyrrole nitrogens is 1. The number of halogens is 1. The Bertz CT molecular complexity index is 1300. The summed E-state index contributed by atoms with van der Waals surface area (Å²) in [5.74, 6) is 1.99. The first-order chi connectivity index (χ1) is 16.1. The van der Waals surface area contributed by atoms with Gasteiger partial charge in [-0.1, -0.05) is 42.5 Å². The number of nitrogens with zero attached hydrogens (tertiary/aromatic N) is 2. The molecule has 0 radical (unpaired) electrons. The molecule has 0 saturated heterocycles. The van der Waals surface area contributed by atoms with Crippen LogP contribution in [0.4, 0.5) is 4.39 Å². The SMILES string of the molecule is COc1ccccc1-c1n[nH]c(=S)n1NCc1cccc(OC)c1OCc1ccccc1F. The van der Waals surface area contributed by atoms with Crippen molar-refractivity contribution in [2.75, 3.05) is 19.6 Å². The van der Waals surface area contributed by atoms with Crippen LogP contribution < -0.4 is 19.6 Å². The van der Waals surface area contributed by atoms with Crippen LogP contribution in [0.1, 0.15) is 11.1 Å². The molecule has 0 spiro atoms. The number of nitrogens with one attached hydrogen (secondary N) is 2. The van der Waals surface area contributed by atoms with Crippen molar-refractivity contribution in [3.8, 4) is 28.6 Å². The van der Waals surface area contributed by atoms with E-state index in [1.807, 2.05) is 36.4 Å². The van der Waals surface area contributed by atoms with Crippen LogP contribution in [-0.2, 0) is 13.2 Å². The largest absolute Gasteiger partial charge is 0.496 e. The Morgan fingerprint density at radius 2 is 1.64 bits per heavy atom. The number of hydrogen-bond donors (Lipinski definition) is 2. The van der Waals surface area contributed by atoms with Crippen LogP contribution in [0.15, 0.2) is 66.7 Å². The lowest BCUT2D eigenvalue weighted by atomic mass is 10.1. The number of para-hydroxylation sites is 2. The molecule has 1 aromatic heterocycles. The van der Waals surface area contributed by atoms with Gasteiger partial charge in [0.05, 0.1) is 26.3 Å². The van der Waals surface area contributed by atoms with Gasteiger partial charge in [-0.2, -0.15) is 5.10 Å². The van der Waals surface area contributed by atoms with Crippen molar-refractivity contribution < 1.29 is 18.6 Å². The van der Waals surface area contributed by atoms with Gasteiger partial charge in [0.2, 0.25) is 4.77 Å². The average molecular weight is 467 g/mol. The second-order valence-corrected chi connectivity index (χ2v) is 7.44. The van der Waals surface area contributed by atoms with Gasteiger partial charge in [0, 0.05) is 11.1 Å². The van der Waals surface area contributed by atoms with Crippen molar-refractivity contribution in [3.05, 3.63) is 88.4 Å². The summed E-state index contributed by atoms with van der Waals surface area (Å²) < 4.78 is 33.1. The van der Waals surface area contributed by atoms with E-state index < -0.39 is 0 Å². The molecule has 0 atom stereocenters. The van der Waals surface area contributed by atoms with Crippen LogP contribution in [0.2, 0.25) is 0 Å². The fourth-order valence-electron chi connectivity index (χ4n) is 3.41. The number of hydrogen-bond acceptors (Lipinski definition) is 6. The predicted molar refractivity (Wildman–Crippen MR) is 126 cm³/mol. The van der Waals surface area contributed by atoms with E-state index in [1.165, 1.54) is 6.07 Å². The molecular formula is C24H23FN4O3S. The van der Waals surface area contributed by atoms with Crippen LogP contribution >= 0.6 is 12.2 Å². The van der Waals surface area contributed by atoms with Gasteiger partial charge in [0.15, 0.2) is 17.3 Å². The van der Waals surface area contributed by atoms with Gasteiger partial charge in [0.25, 0.3) is 0 Å². The Morgan fingerprint density at radius 1 is 0.939 bits per heavy atom. The minimum atomic E-state index is -0.321. The summed E-state index contributed by atoms with van der Waals surface area (Å²) in [7, 11) is 3.17. The maximum atomic E-state index is 14.1. The normalized spacial score (nSPS) is 10.6. The molecule has 0 aliphatic rings. The minimum Gasteiger partial charge on any atom is -0.496 e. The molecule has 9 heteroatoms. The molecule has 1 heterocycles. The van der Waals surface area contributed by atoms with Crippen molar-refractivity contribution in [1.82, 2.24) is 14.9 Å². The van der Waals surface area contributed by atoms with E-state index in [-0.39, 0.29) is 12.4 Å². The van der Waals surface area contributed by atoms with Crippen LogP contribution in [0.3, 0.4) is 0 Å². The molecule has 0 aliphatic carbocycles. The molecule has 170 valence electrons. The lowest BCUT2D eigenvalue weighted by Gasteiger charge is -2.17. The molecule has 7 nitrogen and oxygen atoms in total. The summed E-state index contributed by atoms with van der Waals surface area (Å²) in [5, 5.41) is 7.17. The molecule has 33 heavy (non-hydrogen) atoms. The molecule has 0 bridgehead atoms. The van der Waals surface area contributed by atoms with Gasteiger partial charge in [0.1, 0.15) is 18.2 Å². The summed E-state index contributed by atoms with van der Waals surface area (Å²) >= 11 is 5.42. The zero-order valence-electron chi connectivity index (χ0n) is 18.2. The Labute approximate surface area is 195 Å². The lowest BCUT2D eigenvalue weighted by Crippen LogP contribution is -2.17. The molecule has 0 amide bonds. The summed E-state index contributed by atoms with van der Waals surface area (Å²) in [6.07, 6.45) is 0. The van der Waals surface area contributed by atoms with Crippen LogP contribution in [-0.4, -0.2) is 29.1 Å². The Hall–Kier alpha value is -3.85. The van der Waals surface area contributed by atoms with Crippen molar-refractivity contribution >= 4 is 12.2 Å². The van der Waals surface area contributed by atoms with Gasteiger partial charge in [-0.15, -0.1) is 0 Å². The Kier molecular flexibility index (Phi) is 6.89. The summed E-state index contributed by atoms with van der Waals surface area (Å²) in [5.41, 5.74) is 5.32. The first-order valence-electron chi connectivity index (χ1n) is 10.2. The third-order valence-electron chi connectivity index (χ3n) is 5.06. The van der Waals surface area contributed by atoms with Crippen LogP contribution in [0.25, 0.3) is 11.4 Å². The van der Waals surface area contributed by atoms with E-state index >= 15 is 0 Å². The topological polar surface area (TPSA) is 73.3 Å². The van der Waals surface area contributed by atoms with E-state index in [2.05, 4.69) is 15.6 Å². The number of ether oxygens (including phenoxy) is 3. The van der Waals surface area contributed by atoms with Gasteiger partial charge in [-0.05, 0) is 36.5 Å². The monoisotopic (exact) mass is 466 g/mol. The molecule has 4 aromatic rings. The quantitative estimate of drug-likeness (QED) is 0.335. The number of rotatable bonds is 9. The van der Waals surface area contributed by atoms with E-state index in [0.29, 0.717) is 40.0 Å². The fourth-order valence-corrected chi connectivity index (χ4v) is 3.61. The van der Waals surface area contributed by atoms with Crippen molar-refractivity contribution in [1.29, 1.82) is 0 Å². The first kappa shape index (κ1) is 22.3. The maximum absolute atomic E-state index is 14.1. The highest BCUT2D eigenvalue weighted by Gasteiger charge is 2.16. The van der Waals surface area contributed by atoms with E-state index in [9.17, 15) is 4.39 Å². The maximum Gasteiger partial charge on any atom is 0.214 e. The third-order valence-corrected chi connectivity index (χ3v) is 5.33. The predicted octanol–water partition coefficient (Wildman–Crippen LogP) is 5.09. The van der Waals surface area contributed by atoms with E-state index in [4.69, 9.17) is 26.4 Å². The van der Waals surface area contributed by atoms with Crippen molar-refractivity contribution in [2.24, 2.45) is 0 Å². The molecule has 0 fully saturated rings. The highest BCUT2D eigenvalue weighted by Crippen LogP contribution is 2.33. The van der Waals surface area contributed by atoms with Crippen molar-refractivity contribution in [2.45, 2.75) is 13.2 Å². The fraction of sp³-hybridized carbons (Fsp3) is 0.167. The zero-order valence-corrected chi connectivity index (χ0v) is 19.0. The molecule has 0 saturated carbocycles. The summed E-state index contributed by atoms with van der Waals surface area (Å²) in [4.78, 5) is 0. The Morgan fingerprint density at radius 3 is 2.42 bits per heavy atom. The van der Waals surface area contributed by atoms with Crippen LogP contribution in [0.5, 0.6) is 17.2 Å². The summed E-state index contributed by atoms with van der Waals surface area (Å²) in [6, 6.07) is 19.6. The number of methoxy groups -OCH3 is 2. The molecule has 3 aromatic carbocycles. The van der Waals surface area contributed by atoms with Crippen LogP contribution in [0, 0.1) is 10.6 Å². The number of benzene rings is 3. The molecule has 0 unspecified atom stereocenters. The lowest BCUT2D eigenvalue weighted by molar-refractivity contribution is 0.277. The molecule has 0 aliphatic heterocycles. The summed E-state index contributed by atoms with van der Waals surface area (Å²) in [6.45, 7) is 0.414.